The van der Waals surface area contributed by atoms with Crippen molar-refractivity contribution in [2.24, 2.45) is 17.8 Å². The molecule has 2 unspecified atom stereocenters. The molecule has 0 aromatic rings. The van der Waals surface area contributed by atoms with Gasteiger partial charge in [0.2, 0.25) is 0 Å². The Balaban J connectivity index is 2.62. The number of hydrogen-bond acceptors (Lipinski definition) is 2. The third-order valence-electron chi connectivity index (χ3n) is 2.82. The molecule has 0 saturated heterocycles. The van der Waals surface area contributed by atoms with Crippen molar-refractivity contribution < 1.29 is 9.59 Å². The van der Waals surface area contributed by atoms with Crippen molar-refractivity contribution >= 4 is 11.6 Å². The lowest BCUT2D eigenvalue weighted by atomic mass is 9.93. The second-order valence-corrected chi connectivity index (χ2v) is 4.07. The smallest absolute Gasteiger partial charge is 0.143 e. The molecule has 1 fully saturated rings. The minimum Gasteiger partial charge on any atom is -0.299 e. The number of ketones is 2. The average molecular weight is 168 g/mol. The molecule has 0 aromatic carbocycles. The Hall–Kier alpha value is -0.660. The Morgan fingerprint density at radius 1 is 1.50 bits per heavy atom. The van der Waals surface area contributed by atoms with E-state index in [4.69, 9.17) is 0 Å². The van der Waals surface area contributed by atoms with Gasteiger partial charge >= 0.3 is 0 Å². The SMILES string of the molecule is CC(=O)C1CC(C(C)C)CC1=O. The van der Waals surface area contributed by atoms with Crippen molar-refractivity contribution in [2.45, 2.75) is 33.6 Å². The lowest BCUT2D eigenvalue weighted by Gasteiger charge is -2.11. The second kappa shape index (κ2) is 3.38. The van der Waals surface area contributed by atoms with Crippen LogP contribution in [0.25, 0.3) is 0 Å². The second-order valence-electron chi connectivity index (χ2n) is 4.07. The van der Waals surface area contributed by atoms with E-state index in [2.05, 4.69) is 13.8 Å². The fraction of sp³-hybridized carbons (Fsp3) is 0.800. The van der Waals surface area contributed by atoms with Crippen molar-refractivity contribution in [3.05, 3.63) is 0 Å². The number of rotatable bonds is 2. The van der Waals surface area contributed by atoms with Crippen LogP contribution in [0.5, 0.6) is 0 Å². The van der Waals surface area contributed by atoms with Crippen molar-refractivity contribution in [3.63, 3.8) is 0 Å². The van der Waals surface area contributed by atoms with Gasteiger partial charge in [-0.15, -0.1) is 0 Å². The van der Waals surface area contributed by atoms with Gasteiger partial charge in [0.15, 0.2) is 0 Å². The predicted octanol–water partition coefficient (Wildman–Crippen LogP) is 1.83. The summed E-state index contributed by atoms with van der Waals surface area (Å²) in [4.78, 5) is 22.3. The molecule has 0 N–H and O–H groups in total. The summed E-state index contributed by atoms with van der Waals surface area (Å²) in [6.45, 7) is 5.74. The third kappa shape index (κ3) is 1.74. The highest BCUT2D eigenvalue weighted by molar-refractivity contribution is 6.02. The Kier molecular flexibility index (Phi) is 2.65. The Morgan fingerprint density at radius 3 is 2.33 bits per heavy atom. The van der Waals surface area contributed by atoms with Crippen LogP contribution in [0.4, 0.5) is 0 Å². The summed E-state index contributed by atoms with van der Waals surface area (Å²) in [5.41, 5.74) is 0. The van der Waals surface area contributed by atoms with E-state index in [9.17, 15) is 9.59 Å². The third-order valence-corrected chi connectivity index (χ3v) is 2.82. The maximum absolute atomic E-state index is 11.3. The minimum absolute atomic E-state index is 0.0446. The molecule has 0 bridgehead atoms. The zero-order valence-corrected chi connectivity index (χ0v) is 7.96. The van der Waals surface area contributed by atoms with Crippen LogP contribution >= 0.6 is 0 Å². The normalized spacial score (nSPS) is 29.8. The van der Waals surface area contributed by atoms with E-state index in [1.807, 2.05) is 0 Å². The number of carbonyl (C=O) groups excluding carboxylic acids is 2. The molecular weight excluding hydrogens is 152 g/mol. The molecule has 0 radical (unpaired) electrons. The van der Waals surface area contributed by atoms with E-state index in [-0.39, 0.29) is 17.5 Å². The minimum atomic E-state index is -0.280. The zero-order chi connectivity index (χ0) is 9.30. The Morgan fingerprint density at radius 2 is 2.08 bits per heavy atom. The van der Waals surface area contributed by atoms with E-state index < -0.39 is 0 Å². The highest BCUT2D eigenvalue weighted by Crippen LogP contribution is 2.33. The van der Waals surface area contributed by atoms with Crippen LogP contribution in [0.2, 0.25) is 0 Å². The molecule has 0 aliphatic heterocycles. The van der Waals surface area contributed by atoms with Crippen molar-refractivity contribution in [2.75, 3.05) is 0 Å². The van der Waals surface area contributed by atoms with E-state index in [0.717, 1.165) is 6.42 Å². The van der Waals surface area contributed by atoms with Crippen LogP contribution in [0.1, 0.15) is 33.6 Å². The molecule has 1 saturated carbocycles. The van der Waals surface area contributed by atoms with E-state index in [1.54, 1.807) is 0 Å². The van der Waals surface area contributed by atoms with Crippen molar-refractivity contribution in [1.82, 2.24) is 0 Å². The van der Waals surface area contributed by atoms with Crippen LogP contribution in [0, 0.1) is 17.8 Å². The van der Waals surface area contributed by atoms with Crippen LogP contribution in [-0.4, -0.2) is 11.6 Å². The summed E-state index contributed by atoms with van der Waals surface area (Å²) in [5, 5.41) is 0. The molecule has 1 aliphatic rings. The molecule has 12 heavy (non-hydrogen) atoms. The van der Waals surface area contributed by atoms with Gasteiger partial charge in [-0.3, -0.25) is 9.59 Å². The number of hydrogen-bond donors (Lipinski definition) is 0. The maximum atomic E-state index is 11.3. The number of carbonyl (C=O) groups is 2. The van der Waals surface area contributed by atoms with E-state index >= 15 is 0 Å². The molecule has 0 amide bonds. The summed E-state index contributed by atoms with van der Waals surface area (Å²) in [7, 11) is 0. The summed E-state index contributed by atoms with van der Waals surface area (Å²) in [6.07, 6.45) is 1.40. The van der Waals surface area contributed by atoms with Gasteiger partial charge in [0.25, 0.3) is 0 Å². The fourth-order valence-electron chi connectivity index (χ4n) is 1.82. The summed E-state index contributed by atoms with van der Waals surface area (Å²) >= 11 is 0. The quantitative estimate of drug-likeness (QED) is 0.589. The van der Waals surface area contributed by atoms with Crippen LogP contribution in [-0.2, 0) is 9.59 Å². The molecule has 0 aromatic heterocycles. The molecule has 2 heteroatoms. The summed E-state index contributed by atoms with van der Waals surface area (Å²) < 4.78 is 0. The first-order valence-corrected chi connectivity index (χ1v) is 4.55. The van der Waals surface area contributed by atoms with Crippen LogP contribution < -0.4 is 0 Å². The molecule has 68 valence electrons. The van der Waals surface area contributed by atoms with Gasteiger partial charge in [0.1, 0.15) is 11.6 Å². The van der Waals surface area contributed by atoms with Crippen LogP contribution in [0.3, 0.4) is 0 Å². The largest absolute Gasteiger partial charge is 0.299 e. The average Bonchev–Trinajstić information content (AvgIpc) is 2.30. The molecule has 0 spiro atoms. The van der Waals surface area contributed by atoms with Gasteiger partial charge in [-0.1, -0.05) is 13.8 Å². The van der Waals surface area contributed by atoms with E-state index in [0.29, 0.717) is 18.3 Å². The van der Waals surface area contributed by atoms with Gasteiger partial charge in [-0.25, -0.2) is 0 Å². The highest BCUT2D eigenvalue weighted by atomic mass is 16.1. The topological polar surface area (TPSA) is 34.1 Å². The van der Waals surface area contributed by atoms with Crippen molar-refractivity contribution in [1.29, 1.82) is 0 Å². The Bertz CT molecular complexity index is 206. The van der Waals surface area contributed by atoms with E-state index in [1.165, 1.54) is 6.92 Å². The zero-order valence-electron chi connectivity index (χ0n) is 7.96. The first kappa shape index (κ1) is 9.43. The molecule has 2 nitrogen and oxygen atoms in total. The van der Waals surface area contributed by atoms with Gasteiger partial charge in [-0.05, 0) is 25.2 Å². The first-order valence-electron chi connectivity index (χ1n) is 4.55. The van der Waals surface area contributed by atoms with Gasteiger partial charge in [-0.2, -0.15) is 0 Å². The number of Topliss-reactive ketones (excluding diaryl/α,β-unsaturated/α-hetero) is 2. The first-order chi connectivity index (χ1) is 5.52. The van der Waals surface area contributed by atoms with Gasteiger partial charge in [0, 0.05) is 6.42 Å². The van der Waals surface area contributed by atoms with Gasteiger partial charge in [0.05, 0.1) is 5.92 Å². The standard InChI is InChI=1S/C10H16O2/c1-6(2)8-4-9(7(3)11)10(12)5-8/h6,8-9H,4-5H2,1-3H3. The summed E-state index contributed by atoms with van der Waals surface area (Å²) in [6, 6.07) is 0. The summed E-state index contributed by atoms with van der Waals surface area (Å²) in [5.74, 6) is 0.881. The maximum Gasteiger partial charge on any atom is 0.143 e. The molecular formula is C10H16O2. The highest BCUT2D eigenvalue weighted by Gasteiger charge is 2.36. The van der Waals surface area contributed by atoms with Crippen LogP contribution in [0.15, 0.2) is 0 Å². The predicted molar refractivity (Wildman–Crippen MR) is 46.7 cm³/mol. The van der Waals surface area contributed by atoms with Gasteiger partial charge < -0.3 is 0 Å². The molecule has 1 rings (SSSR count). The Labute approximate surface area is 73.3 Å². The molecule has 2 atom stereocenters. The lowest BCUT2D eigenvalue weighted by Crippen LogP contribution is -2.14. The van der Waals surface area contributed by atoms with Crippen molar-refractivity contribution in [3.8, 4) is 0 Å². The fourth-order valence-corrected chi connectivity index (χ4v) is 1.82. The monoisotopic (exact) mass is 168 g/mol. The molecule has 0 heterocycles. The molecule has 1 aliphatic carbocycles. The lowest BCUT2D eigenvalue weighted by molar-refractivity contribution is -0.129.